The minimum atomic E-state index is -1.31. The number of piperidine rings is 1. The molecule has 0 saturated carbocycles. The van der Waals surface area contributed by atoms with Gasteiger partial charge in [-0.15, -0.1) is 0 Å². The molecule has 2 fully saturated rings. The van der Waals surface area contributed by atoms with Crippen molar-refractivity contribution in [3.63, 3.8) is 0 Å². The van der Waals surface area contributed by atoms with Crippen molar-refractivity contribution in [2.45, 2.75) is 31.7 Å². The van der Waals surface area contributed by atoms with E-state index in [1.807, 2.05) is 0 Å². The minimum Gasteiger partial charge on any atom is -0.367 e. The Morgan fingerprint density at radius 1 is 1.35 bits per heavy atom. The second kappa shape index (κ2) is 5.73. The van der Waals surface area contributed by atoms with Gasteiger partial charge in [-0.1, -0.05) is 0 Å². The summed E-state index contributed by atoms with van der Waals surface area (Å²) in [6, 6.07) is 4.42. The van der Waals surface area contributed by atoms with Gasteiger partial charge in [0.1, 0.15) is 0 Å². The zero-order valence-electron chi connectivity index (χ0n) is 14.2. The van der Waals surface area contributed by atoms with Crippen LogP contribution in [0.15, 0.2) is 18.2 Å². The van der Waals surface area contributed by atoms with Crippen LogP contribution in [0.3, 0.4) is 0 Å². The van der Waals surface area contributed by atoms with Gasteiger partial charge < -0.3 is 10.2 Å². The lowest BCUT2D eigenvalue weighted by molar-refractivity contribution is -0.384. The van der Waals surface area contributed by atoms with Crippen LogP contribution < -0.4 is 10.2 Å². The summed E-state index contributed by atoms with van der Waals surface area (Å²) >= 11 is 5.08. The van der Waals surface area contributed by atoms with Crippen LogP contribution in [-0.2, 0) is 16.0 Å². The molecule has 9 heteroatoms. The quantitative estimate of drug-likeness (QED) is 0.345. The van der Waals surface area contributed by atoms with Gasteiger partial charge in [-0.2, -0.15) is 0 Å². The summed E-state index contributed by atoms with van der Waals surface area (Å²) in [5.41, 5.74) is 0.186. The molecule has 1 N–H and O–H groups in total. The van der Waals surface area contributed by atoms with Crippen LogP contribution in [-0.4, -0.2) is 46.4 Å². The molecule has 136 valence electrons. The maximum atomic E-state index is 13.2. The fourth-order valence-electron chi connectivity index (χ4n) is 4.49. The predicted octanol–water partition coefficient (Wildman–Crippen LogP) is 1.37. The van der Waals surface area contributed by atoms with Crippen molar-refractivity contribution in [1.82, 2.24) is 10.2 Å². The van der Waals surface area contributed by atoms with E-state index in [0.717, 1.165) is 24.9 Å². The number of rotatable bonds is 1. The second-order valence-corrected chi connectivity index (χ2v) is 7.43. The number of benzene rings is 1. The van der Waals surface area contributed by atoms with Crippen LogP contribution in [0.4, 0.5) is 11.4 Å². The molecule has 3 aliphatic heterocycles. The largest absolute Gasteiger partial charge is 0.367 e. The maximum Gasteiger partial charge on any atom is 0.269 e. The van der Waals surface area contributed by atoms with Crippen LogP contribution in [0.25, 0.3) is 0 Å². The van der Waals surface area contributed by atoms with E-state index in [1.54, 1.807) is 13.1 Å². The van der Waals surface area contributed by atoms with Crippen LogP contribution in [0.1, 0.15) is 24.8 Å². The van der Waals surface area contributed by atoms with E-state index < -0.39 is 16.2 Å². The smallest absolute Gasteiger partial charge is 0.269 e. The van der Waals surface area contributed by atoms with Gasteiger partial charge in [-0.05, 0) is 43.1 Å². The monoisotopic (exact) mass is 374 g/mol. The molecule has 3 aliphatic rings. The summed E-state index contributed by atoms with van der Waals surface area (Å²) in [7, 11) is 1.56. The van der Waals surface area contributed by atoms with Crippen molar-refractivity contribution in [3.05, 3.63) is 33.9 Å². The SMILES string of the molecule is CN1C(=O)C2(Cc3cc([N+](=O)[O-])ccc3N3CCCCC32)C(=O)NC1=S. The van der Waals surface area contributed by atoms with E-state index in [2.05, 4.69) is 10.2 Å². The molecule has 3 heterocycles. The molecule has 1 spiro atoms. The molecule has 0 radical (unpaired) electrons. The van der Waals surface area contributed by atoms with Crippen molar-refractivity contribution in [2.24, 2.45) is 5.41 Å². The first-order valence-electron chi connectivity index (χ1n) is 8.54. The van der Waals surface area contributed by atoms with E-state index in [0.29, 0.717) is 12.1 Å². The molecule has 26 heavy (non-hydrogen) atoms. The van der Waals surface area contributed by atoms with E-state index in [-0.39, 0.29) is 29.2 Å². The maximum absolute atomic E-state index is 13.2. The summed E-state index contributed by atoms with van der Waals surface area (Å²) in [6.07, 6.45) is 2.74. The number of anilines is 1. The Labute approximate surface area is 155 Å². The molecule has 2 saturated heterocycles. The first kappa shape index (κ1) is 16.9. The third-order valence-electron chi connectivity index (χ3n) is 5.74. The molecular formula is C17H18N4O4S. The summed E-state index contributed by atoms with van der Waals surface area (Å²) in [5.74, 6) is -0.736. The third kappa shape index (κ3) is 2.16. The highest BCUT2D eigenvalue weighted by Crippen LogP contribution is 2.48. The third-order valence-corrected chi connectivity index (χ3v) is 6.12. The average Bonchev–Trinajstić information content (AvgIpc) is 2.64. The first-order chi connectivity index (χ1) is 12.4. The van der Waals surface area contributed by atoms with Gasteiger partial charge in [0.15, 0.2) is 10.5 Å². The minimum absolute atomic E-state index is 0.0399. The standard InChI is InChI=1S/C17H18N4O4S/c1-19-15(23)17(14(22)18-16(19)26)9-10-8-11(21(24)25)5-6-12(10)20-7-3-2-4-13(17)20/h5-6,8,13H,2-4,7,9H2,1H3,(H,18,22,26). The number of nitrogens with zero attached hydrogens (tertiary/aromatic N) is 3. The van der Waals surface area contributed by atoms with Gasteiger partial charge in [0.25, 0.3) is 5.69 Å². The number of carbonyl (C=O) groups is 2. The van der Waals surface area contributed by atoms with E-state index in [9.17, 15) is 19.7 Å². The molecule has 1 aromatic rings. The number of thiocarbonyl (C=S) groups is 1. The number of carbonyl (C=O) groups excluding carboxylic acids is 2. The van der Waals surface area contributed by atoms with Crippen molar-refractivity contribution in [1.29, 1.82) is 0 Å². The highest BCUT2D eigenvalue weighted by atomic mass is 32.1. The Kier molecular flexibility index (Phi) is 3.72. The van der Waals surface area contributed by atoms with E-state index >= 15 is 0 Å². The van der Waals surface area contributed by atoms with Crippen molar-refractivity contribution >= 4 is 40.5 Å². The van der Waals surface area contributed by atoms with Crippen molar-refractivity contribution in [2.75, 3.05) is 18.5 Å². The Hall–Kier alpha value is -2.55. The Bertz CT molecular complexity index is 857. The summed E-state index contributed by atoms with van der Waals surface area (Å²) in [5, 5.41) is 13.9. The number of nitrogens with one attached hydrogen (secondary N) is 1. The van der Waals surface area contributed by atoms with Gasteiger partial charge in [0.2, 0.25) is 11.8 Å². The number of hydrogen-bond acceptors (Lipinski definition) is 6. The van der Waals surface area contributed by atoms with Crippen LogP contribution in [0, 0.1) is 15.5 Å². The van der Waals surface area contributed by atoms with E-state index in [4.69, 9.17) is 12.2 Å². The van der Waals surface area contributed by atoms with Crippen LogP contribution in [0.5, 0.6) is 0 Å². The van der Waals surface area contributed by atoms with Crippen molar-refractivity contribution < 1.29 is 14.5 Å². The fourth-order valence-corrected chi connectivity index (χ4v) is 4.66. The molecule has 2 amide bonds. The number of hydrogen-bond donors (Lipinski definition) is 1. The lowest BCUT2D eigenvalue weighted by Gasteiger charge is -2.53. The molecule has 0 aliphatic carbocycles. The molecule has 0 aromatic heterocycles. The number of fused-ring (bicyclic) bond motifs is 4. The molecule has 0 bridgehead atoms. The summed E-state index contributed by atoms with van der Waals surface area (Å²) in [4.78, 5) is 40.3. The van der Waals surface area contributed by atoms with E-state index in [1.165, 1.54) is 17.0 Å². The fraction of sp³-hybridized carbons (Fsp3) is 0.471. The Morgan fingerprint density at radius 2 is 2.12 bits per heavy atom. The van der Waals surface area contributed by atoms with Gasteiger partial charge in [0, 0.05) is 37.8 Å². The molecule has 2 unspecified atom stereocenters. The summed E-state index contributed by atoms with van der Waals surface area (Å²) < 4.78 is 0. The lowest BCUT2D eigenvalue weighted by atomic mass is 9.66. The Balaban J connectivity index is 1.90. The first-order valence-corrected chi connectivity index (χ1v) is 8.94. The molecular weight excluding hydrogens is 356 g/mol. The highest BCUT2D eigenvalue weighted by molar-refractivity contribution is 7.80. The zero-order valence-corrected chi connectivity index (χ0v) is 15.0. The average molecular weight is 374 g/mol. The molecule has 8 nitrogen and oxygen atoms in total. The molecule has 4 rings (SSSR count). The number of amides is 2. The van der Waals surface area contributed by atoms with Gasteiger partial charge >= 0.3 is 0 Å². The van der Waals surface area contributed by atoms with Gasteiger partial charge in [-0.3, -0.25) is 24.6 Å². The van der Waals surface area contributed by atoms with Gasteiger partial charge in [-0.25, -0.2) is 0 Å². The molecule has 1 aromatic carbocycles. The molecule has 2 atom stereocenters. The topological polar surface area (TPSA) is 95.8 Å². The highest BCUT2D eigenvalue weighted by Gasteiger charge is 2.60. The van der Waals surface area contributed by atoms with Crippen LogP contribution in [0.2, 0.25) is 0 Å². The zero-order chi connectivity index (χ0) is 18.6. The Morgan fingerprint density at radius 3 is 2.85 bits per heavy atom. The van der Waals surface area contributed by atoms with Crippen molar-refractivity contribution in [3.8, 4) is 0 Å². The normalized spacial score (nSPS) is 27.9. The summed E-state index contributed by atoms with van der Waals surface area (Å²) in [6.45, 7) is 0.714. The number of nitro benzene ring substituents is 1. The lowest BCUT2D eigenvalue weighted by Crippen LogP contribution is -2.71. The second-order valence-electron chi connectivity index (χ2n) is 7.05. The number of nitro groups is 1. The van der Waals surface area contributed by atoms with Gasteiger partial charge in [0.05, 0.1) is 11.0 Å². The number of non-ortho nitro benzene ring substituents is 1. The predicted molar refractivity (Wildman–Crippen MR) is 97.7 cm³/mol. The van der Waals surface area contributed by atoms with Crippen LogP contribution >= 0.6 is 12.2 Å².